The molecular formula is C24H27ClN2O5. The second-order valence-electron chi connectivity index (χ2n) is 6.99. The van der Waals surface area contributed by atoms with Gasteiger partial charge in [-0.25, -0.2) is 0 Å². The van der Waals surface area contributed by atoms with E-state index in [1.807, 2.05) is 13.8 Å². The van der Waals surface area contributed by atoms with Gasteiger partial charge in [0.25, 0.3) is 11.8 Å². The molecule has 3 rings (SSSR count). The maximum absolute atomic E-state index is 13.3. The molecule has 0 radical (unpaired) electrons. The first-order valence-corrected chi connectivity index (χ1v) is 10.9. The van der Waals surface area contributed by atoms with Crippen molar-refractivity contribution in [1.82, 2.24) is 4.90 Å². The van der Waals surface area contributed by atoms with Crippen LogP contribution in [0.5, 0.6) is 11.5 Å². The van der Waals surface area contributed by atoms with Crippen molar-refractivity contribution in [3.63, 3.8) is 0 Å². The summed E-state index contributed by atoms with van der Waals surface area (Å²) in [5, 5.41) is 3.57. The minimum Gasteiger partial charge on any atom is -0.495 e. The van der Waals surface area contributed by atoms with Gasteiger partial charge < -0.3 is 19.5 Å². The highest BCUT2D eigenvalue weighted by molar-refractivity contribution is 6.36. The molecule has 2 amide bonds. The molecule has 0 aromatic heterocycles. The molecule has 0 fully saturated rings. The van der Waals surface area contributed by atoms with Crippen molar-refractivity contribution < 1.29 is 23.8 Å². The standard InChI is InChI=1S/C24H27ClN2O5/c1-4-31-14-6-13-27-23(28)21(16-7-10-18(11-8-16)32-5-2)22(24(27)29)26-19-15-17(25)9-12-20(19)30-3/h7-12,15,26H,4-6,13-14H2,1-3H3. The van der Waals surface area contributed by atoms with E-state index in [4.69, 9.17) is 25.8 Å². The lowest BCUT2D eigenvalue weighted by molar-refractivity contribution is -0.137. The molecule has 0 spiro atoms. The third-order valence-electron chi connectivity index (χ3n) is 4.92. The third kappa shape index (κ3) is 5.23. The number of amides is 2. The SMILES string of the molecule is CCOCCCN1C(=O)C(Nc2cc(Cl)ccc2OC)=C(c2ccc(OCC)cc2)C1=O. The van der Waals surface area contributed by atoms with Gasteiger partial charge in [0, 0.05) is 24.8 Å². The third-order valence-corrected chi connectivity index (χ3v) is 5.15. The van der Waals surface area contributed by atoms with Crippen molar-refractivity contribution in [3.8, 4) is 11.5 Å². The molecule has 0 aliphatic carbocycles. The maximum Gasteiger partial charge on any atom is 0.278 e. The minimum atomic E-state index is -0.405. The van der Waals surface area contributed by atoms with Gasteiger partial charge >= 0.3 is 0 Å². The van der Waals surface area contributed by atoms with Crippen molar-refractivity contribution >= 4 is 34.7 Å². The van der Waals surface area contributed by atoms with Crippen LogP contribution in [0.1, 0.15) is 25.8 Å². The summed E-state index contributed by atoms with van der Waals surface area (Å²) in [4.78, 5) is 27.8. The average Bonchev–Trinajstić information content (AvgIpc) is 3.02. The molecule has 1 aliphatic rings. The van der Waals surface area contributed by atoms with Crippen LogP contribution < -0.4 is 14.8 Å². The van der Waals surface area contributed by atoms with E-state index in [2.05, 4.69) is 5.32 Å². The Hall–Kier alpha value is -3.03. The highest BCUT2D eigenvalue weighted by Crippen LogP contribution is 2.35. The summed E-state index contributed by atoms with van der Waals surface area (Å²) < 4.78 is 16.2. The van der Waals surface area contributed by atoms with Gasteiger partial charge in [-0.3, -0.25) is 14.5 Å². The monoisotopic (exact) mass is 458 g/mol. The van der Waals surface area contributed by atoms with Crippen molar-refractivity contribution in [1.29, 1.82) is 0 Å². The summed E-state index contributed by atoms with van der Waals surface area (Å²) in [5.41, 5.74) is 1.57. The number of carbonyl (C=O) groups excluding carboxylic acids is 2. The van der Waals surface area contributed by atoms with Crippen LogP contribution in [0.4, 0.5) is 5.69 Å². The number of benzene rings is 2. The lowest BCUT2D eigenvalue weighted by atomic mass is 10.0. The number of ether oxygens (including phenoxy) is 3. The van der Waals surface area contributed by atoms with Crippen molar-refractivity contribution in [2.45, 2.75) is 20.3 Å². The van der Waals surface area contributed by atoms with Crippen LogP contribution in [-0.2, 0) is 14.3 Å². The van der Waals surface area contributed by atoms with Gasteiger partial charge in [-0.15, -0.1) is 0 Å². The Balaban J connectivity index is 1.98. The van der Waals surface area contributed by atoms with Gasteiger partial charge in [-0.05, 0) is 56.2 Å². The fourth-order valence-corrected chi connectivity index (χ4v) is 3.60. The van der Waals surface area contributed by atoms with Gasteiger partial charge in [-0.1, -0.05) is 23.7 Å². The molecule has 0 unspecified atom stereocenters. The zero-order valence-corrected chi connectivity index (χ0v) is 19.2. The normalized spacial score (nSPS) is 13.7. The minimum absolute atomic E-state index is 0.177. The summed E-state index contributed by atoms with van der Waals surface area (Å²) in [6, 6.07) is 12.1. The van der Waals surface area contributed by atoms with E-state index in [-0.39, 0.29) is 23.7 Å². The second-order valence-corrected chi connectivity index (χ2v) is 7.43. The highest BCUT2D eigenvalue weighted by Gasteiger charge is 2.39. The van der Waals surface area contributed by atoms with Crippen molar-refractivity contribution in [3.05, 3.63) is 58.7 Å². The molecule has 0 saturated carbocycles. The number of carbonyl (C=O) groups is 2. The largest absolute Gasteiger partial charge is 0.495 e. The van der Waals surface area contributed by atoms with Crippen LogP contribution in [0.3, 0.4) is 0 Å². The van der Waals surface area contributed by atoms with Gasteiger partial charge in [0.2, 0.25) is 0 Å². The van der Waals surface area contributed by atoms with Crippen LogP contribution >= 0.6 is 11.6 Å². The summed E-state index contributed by atoms with van der Waals surface area (Å²) in [7, 11) is 1.53. The van der Waals surface area contributed by atoms with E-state index < -0.39 is 5.91 Å². The first-order valence-electron chi connectivity index (χ1n) is 10.5. The molecule has 1 N–H and O–H groups in total. The molecular weight excluding hydrogens is 432 g/mol. The molecule has 32 heavy (non-hydrogen) atoms. The van der Waals surface area contributed by atoms with Gasteiger partial charge in [0.05, 0.1) is 25.0 Å². The number of hydrogen-bond donors (Lipinski definition) is 1. The molecule has 1 heterocycles. The Morgan fingerprint density at radius 3 is 2.41 bits per heavy atom. The number of anilines is 1. The van der Waals surface area contributed by atoms with Crippen LogP contribution in [0, 0.1) is 0 Å². The van der Waals surface area contributed by atoms with E-state index >= 15 is 0 Å². The van der Waals surface area contributed by atoms with Crippen molar-refractivity contribution in [2.75, 3.05) is 38.8 Å². The number of hydrogen-bond acceptors (Lipinski definition) is 6. The molecule has 2 aromatic rings. The average molecular weight is 459 g/mol. The molecule has 0 atom stereocenters. The Bertz CT molecular complexity index is 1000. The molecule has 2 aromatic carbocycles. The fraction of sp³-hybridized carbons (Fsp3) is 0.333. The van der Waals surface area contributed by atoms with E-state index in [1.54, 1.807) is 42.5 Å². The molecule has 8 heteroatoms. The lowest BCUT2D eigenvalue weighted by Gasteiger charge is -2.16. The Morgan fingerprint density at radius 1 is 1.00 bits per heavy atom. The predicted molar refractivity (Wildman–Crippen MR) is 124 cm³/mol. The van der Waals surface area contributed by atoms with Crippen LogP contribution in [0.25, 0.3) is 5.57 Å². The van der Waals surface area contributed by atoms with Gasteiger partial charge in [0.1, 0.15) is 17.2 Å². The van der Waals surface area contributed by atoms with Crippen LogP contribution in [0.15, 0.2) is 48.2 Å². The molecule has 0 bridgehead atoms. The number of nitrogens with zero attached hydrogens (tertiary/aromatic N) is 1. The maximum atomic E-state index is 13.3. The summed E-state index contributed by atoms with van der Waals surface area (Å²) >= 11 is 6.15. The van der Waals surface area contributed by atoms with Gasteiger partial charge in [0.15, 0.2) is 0 Å². The molecule has 0 saturated heterocycles. The zero-order chi connectivity index (χ0) is 23.1. The Labute approximate surface area is 192 Å². The van der Waals surface area contributed by atoms with Crippen LogP contribution in [0.2, 0.25) is 5.02 Å². The smallest absolute Gasteiger partial charge is 0.278 e. The molecule has 170 valence electrons. The number of nitrogens with one attached hydrogen (secondary N) is 1. The molecule has 1 aliphatic heterocycles. The highest BCUT2D eigenvalue weighted by atomic mass is 35.5. The van der Waals surface area contributed by atoms with E-state index in [9.17, 15) is 9.59 Å². The first-order chi connectivity index (χ1) is 15.5. The number of imide groups is 1. The number of halogens is 1. The summed E-state index contributed by atoms with van der Waals surface area (Å²) in [5.74, 6) is 0.424. The van der Waals surface area contributed by atoms with Gasteiger partial charge in [-0.2, -0.15) is 0 Å². The Morgan fingerprint density at radius 2 is 1.75 bits per heavy atom. The molecule has 7 nitrogen and oxygen atoms in total. The second kappa shape index (κ2) is 11.0. The topological polar surface area (TPSA) is 77.1 Å². The zero-order valence-electron chi connectivity index (χ0n) is 18.4. The number of methoxy groups -OCH3 is 1. The van der Waals surface area contributed by atoms with E-state index in [1.165, 1.54) is 12.0 Å². The van der Waals surface area contributed by atoms with E-state index in [0.717, 1.165) is 0 Å². The number of rotatable bonds is 11. The Kier molecular flexibility index (Phi) is 8.14. The summed E-state index contributed by atoms with van der Waals surface area (Å²) in [6.07, 6.45) is 0.551. The first kappa shape index (κ1) is 23.6. The van der Waals surface area contributed by atoms with Crippen molar-refractivity contribution in [2.24, 2.45) is 0 Å². The fourth-order valence-electron chi connectivity index (χ4n) is 3.43. The van der Waals surface area contributed by atoms with Crippen LogP contribution in [-0.4, -0.2) is 50.2 Å². The predicted octanol–water partition coefficient (Wildman–Crippen LogP) is 4.37. The quantitative estimate of drug-likeness (QED) is 0.398. The summed E-state index contributed by atoms with van der Waals surface area (Å²) in [6.45, 7) is 5.65. The van der Waals surface area contributed by atoms with E-state index in [0.29, 0.717) is 54.0 Å². The lowest BCUT2D eigenvalue weighted by Crippen LogP contribution is -2.34.